The van der Waals surface area contributed by atoms with Crippen LogP contribution in [-0.2, 0) is 12.8 Å². The van der Waals surface area contributed by atoms with Gasteiger partial charge in [0.2, 0.25) is 0 Å². The zero-order valence-electron chi connectivity index (χ0n) is 27.7. The molecule has 0 unspecified atom stereocenters. The van der Waals surface area contributed by atoms with Gasteiger partial charge in [-0.1, -0.05) is 98.4 Å². The summed E-state index contributed by atoms with van der Waals surface area (Å²) in [5, 5.41) is 59.4. The lowest BCUT2D eigenvalue weighted by Crippen LogP contribution is -1.90. The van der Waals surface area contributed by atoms with E-state index in [0.29, 0.717) is 5.75 Å². The van der Waals surface area contributed by atoms with Gasteiger partial charge >= 0.3 is 0 Å². The minimum Gasteiger partial charge on any atom is -0.508 e. The molecule has 0 saturated heterocycles. The number of phenolic OH excluding ortho intramolecular Hbond substituents is 5. The van der Waals surface area contributed by atoms with Crippen molar-refractivity contribution in [1.29, 1.82) is 0 Å². The molecule has 0 aliphatic heterocycles. The van der Waals surface area contributed by atoms with Gasteiger partial charge in [0, 0.05) is 0 Å². The molecule has 0 heterocycles. The molecule has 7 rings (SSSR count). The van der Waals surface area contributed by atoms with Gasteiger partial charge in [-0.2, -0.15) is 0 Å². The number of phenols is 5. The van der Waals surface area contributed by atoms with Gasteiger partial charge in [0.15, 0.2) is 0 Å². The van der Waals surface area contributed by atoms with E-state index in [0.717, 1.165) is 77.8 Å². The monoisotopic (exact) mass is 648 g/mol. The highest BCUT2D eigenvalue weighted by molar-refractivity contribution is 6.39. The first-order valence-electron chi connectivity index (χ1n) is 16.1. The van der Waals surface area contributed by atoms with Crippen LogP contribution in [0, 0.1) is 6.92 Å². The van der Waals surface area contributed by atoms with Crippen molar-refractivity contribution in [2.24, 2.45) is 0 Å². The molecule has 0 aromatic heterocycles. The quantitative estimate of drug-likeness (QED) is 0.120. The number of benzene rings is 7. The van der Waals surface area contributed by atoms with Gasteiger partial charge in [0.25, 0.3) is 0 Å². The van der Waals surface area contributed by atoms with Crippen molar-refractivity contribution in [3.05, 3.63) is 102 Å². The number of hydrogen-bond acceptors (Lipinski definition) is 5. The average molecular weight is 649 g/mol. The van der Waals surface area contributed by atoms with Crippen LogP contribution < -0.4 is 0 Å². The van der Waals surface area contributed by atoms with E-state index in [9.17, 15) is 25.5 Å². The van der Waals surface area contributed by atoms with Crippen molar-refractivity contribution in [2.45, 2.75) is 76.2 Å². The number of aromatic hydroxyl groups is 5. The second-order valence-corrected chi connectivity index (χ2v) is 10.8. The van der Waals surface area contributed by atoms with Gasteiger partial charge in [0.05, 0.1) is 0 Å². The van der Waals surface area contributed by atoms with Crippen LogP contribution in [0.4, 0.5) is 0 Å². The fourth-order valence-electron chi connectivity index (χ4n) is 6.19. The van der Waals surface area contributed by atoms with Crippen LogP contribution >= 0.6 is 0 Å². The zero-order valence-corrected chi connectivity index (χ0v) is 27.7. The van der Waals surface area contributed by atoms with Crippen molar-refractivity contribution < 1.29 is 25.5 Å². The summed E-state index contributed by atoms with van der Waals surface area (Å²) in [6, 6.07) is 25.1. The van der Waals surface area contributed by atoms with Gasteiger partial charge in [-0.05, 0) is 133 Å². The molecule has 5 N–H and O–H groups in total. The van der Waals surface area contributed by atoms with E-state index in [4.69, 9.17) is 0 Å². The second-order valence-electron chi connectivity index (χ2n) is 10.8. The van der Waals surface area contributed by atoms with Crippen molar-refractivity contribution in [3.63, 3.8) is 0 Å². The topological polar surface area (TPSA) is 101 Å². The number of hydrogen-bond donors (Lipinski definition) is 5. The van der Waals surface area contributed by atoms with Crippen molar-refractivity contribution in [3.8, 4) is 28.7 Å². The Bertz CT molecular complexity index is 1910. The smallest absolute Gasteiger partial charge is 0.121 e. The maximum Gasteiger partial charge on any atom is 0.121 e. The van der Waals surface area contributed by atoms with E-state index < -0.39 is 0 Å². The predicted molar refractivity (Wildman–Crippen MR) is 208 cm³/mol. The summed E-state index contributed by atoms with van der Waals surface area (Å²) in [6.07, 6.45) is 1.81. The Labute approximate surface area is 285 Å². The summed E-state index contributed by atoms with van der Waals surface area (Å²) in [7, 11) is 0. The molecule has 5 nitrogen and oxygen atoms in total. The molecule has 0 saturated carbocycles. The Morgan fingerprint density at radius 3 is 0.875 bits per heavy atom. The fraction of sp³-hybridized carbons (Fsp3) is 0.256. The molecule has 0 atom stereocenters. The fourth-order valence-corrected chi connectivity index (χ4v) is 6.19. The second kappa shape index (κ2) is 16.6. The van der Waals surface area contributed by atoms with E-state index in [1.54, 1.807) is 48.5 Å². The van der Waals surface area contributed by atoms with Crippen molar-refractivity contribution in [1.82, 2.24) is 0 Å². The highest BCUT2D eigenvalue weighted by Crippen LogP contribution is 2.46. The third-order valence-corrected chi connectivity index (χ3v) is 8.09. The summed E-state index contributed by atoms with van der Waals surface area (Å²) >= 11 is 0. The molecule has 0 amide bonds. The third kappa shape index (κ3) is 7.21. The van der Waals surface area contributed by atoms with Crippen LogP contribution in [0.25, 0.3) is 53.9 Å². The van der Waals surface area contributed by atoms with Crippen LogP contribution in [0.1, 0.15) is 73.1 Å². The molecule has 0 aliphatic rings. The summed E-state index contributed by atoms with van der Waals surface area (Å²) in [5.74, 6) is 1.10. The average Bonchev–Trinajstić information content (AvgIpc) is 3.07. The summed E-state index contributed by atoms with van der Waals surface area (Å²) in [5.41, 5.74) is 3.36. The van der Waals surface area contributed by atoms with E-state index >= 15 is 0 Å². The minimum absolute atomic E-state index is 0. The maximum atomic E-state index is 10.2. The van der Waals surface area contributed by atoms with Crippen LogP contribution in [0.3, 0.4) is 0 Å². The summed E-state index contributed by atoms with van der Waals surface area (Å²) in [6.45, 7) is 14.2. The molecular formula is C43H52O5. The summed E-state index contributed by atoms with van der Waals surface area (Å²) in [4.78, 5) is 0. The van der Waals surface area contributed by atoms with Crippen molar-refractivity contribution >= 4 is 53.9 Å². The molecule has 0 bridgehead atoms. The largest absolute Gasteiger partial charge is 0.508 e. The Balaban J connectivity index is 0.000000379. The van der Waals surface area contributed by atoms with E-state index in [1.165, 1.54) is 5.56 Å². The lowest BCUT2D eigenvalue weighted by atomic mass is 9.87. The predicted octanol–water partition coefficient (Wildman–Crippen LogP) is 12.4. The molecule has 0 fully saturated rings. The van der Waals surface area contributed by atoms with E-state index in [2.05, 4.69) is 32.9 Å². The lowest BCUT2D eigenvalue weighted by Gasteiger charge is -2.17. The molecule has 0 spiro atoms. The van der Waals surface area contributed by atoms with Gasteiger partial charge in [-0.3, -0.25) is 0 Å². The normalized spacial score (nSPS) is 10.2. The Hall–Kier alpha value is -5.16. The van der Waals surface area contributed by atoms with Gasteiger partial charge in [-0.25, -0.2) is 0 Å². The van der Waals surface area contributed by atoms with Gasteiger partial charge < -0.3 is 25.5 Å². The van der Waals surface area contributed by atoms with E-state index in [1.807, 2.05) is 52.0 Å². The Kier molecular flexibility index (Phi) is 13.5. The number of rotatable bonds is 2. The third-order valence-electron chi connectivity index (χ3n) is 8.09. The van der Waals surface area contributed by atoms with Crippen LogP contribution in [-0.4, -0.2) is 25.5 Å². The van der Waals surface area contributed by atoms with E-state index in [-0.39, 0.29) is 37.9 Å². The molecule has 0 aliphatic carbocycles. The number of fused-ring (bicyclic) bond motifs is 11. The molecular weight excluding hydrogens is 596 g/mol. The molecule has 0 radical (unpaired) electrons. The minimum atomic E-state index is 0. The molecule has 254 valence electrons. The van der Waals surface area contributed by atoms with Crippen LogP contribution in [0.2, 0.25) is 0 Å². The maximum absolute atomic E-state index is 10.2. The zero-order chi connectivity index (χ0) is 33.7. The molecule has 5 heteroatoms. The molecule has 48 heavy (non-hydrogen) atoms. The molecule has 7 aromatic rings. The Morgan fingerprint density at radius 2 is 0.646 bits per heavy atom. The first-order valence-corrected chi connectivity index (χ1v) is 16.1. The first kappa shape index (κ1) is 39.0. The standard InChI is InChI=1S/C26H16O4.C11H16O.2C2H6.2CH4/c27-13-1-5-17-21(9-13)22-10-14(28)3-7-19(22)26-20-8-4-16(30)12-24(20)23-11-15(29)2-6-18(23)25(17)26;1-4-9-6-8(3)7-10(5-2)11(9)12;2*1-2;;/h1-12,27-30H;6-7,12H,4-5H2,1-3H3;2*1-2H3;2*1H4. The van der Waals surface area contributed by atoms with Gasteiger partial charge in [-0.15, -0.1) is 0 Å². The molecule has 7 aromatic carbocycles. The van der Waals surface area contributed by atoms with Crippen molar-refractivity contribution in [2.75, 3.05) is 0 Å². The summed E-state index contributed by atoms with van der Waals surface area (Å²) < 4.78 is 0. The lowest BCUT2D eigenvalue weighted by molar-refractivity contribution is 0.462. The van der Waals surface area contributed by atoms with Crippen LogP contribution in [0.5, 0.6) is 28.7 Å². The highest BCUT2D eigenvalue weighted by atomic mass is 16.3. The van der Waals surface area contributed by atoms with Gasteiger partial charge in [0.1, 0.15) is 28.7 Å². The first-order chi connectivity index (χ1) is 22.2. The SMILES string of the molecule is C.C.CC.CC.CCc1cc(C)cc(CC)c1O.Oc1ccc2c(c1)c1cc(O)ccc1c1c3ccc(O)cc3c3cc(O)ccc3c21. The Morgan fingerprint density at radius 1 is 0.396 bits per heavy atom. The number of aryl methyl sites for hydroxylation is 3. The highest BCUT2D eigenvalue weighted by Gasteiger charge is 2.17. The van der Waals surface area contributed by atoms with Crippen LogP contribution in [0.15, 0.2) is 84.9 Å².